The molecule has 0 atom stereocenters. The third-order valence-electron chi connectivity index (χ3n) is 9.28. The number of rotatable bonds is 6. The first-order valence-corrected chi connectivity index (χ1v) is 15.8. The van der Waals surface area contributed by atoms with Crippen LogP contribution in [0.5, 0.6) is 0 Å². The maximum absolute atomic E-state index is 13.5. The second kappa shape index (κ2) is 12.5. The summed E-state index contributed by atoms with van der Waals surface area (Å²) in [4.78, 5) is 35.4. The highest BCUT2D eigenvalue weighted by Crippen LogP contribution is 2.38. The van der Waals surface area contributed by atoms with Crippen LogP contribution in [0.2, 0.25) is 0 Å². The van der Waals surface area contributed by atoms with Gasteiger partial charge >= 0.3 is 0 Å². The van der Waals surface area contributed by atoms with E-state index in [0.717, 1.165) is 75.2 Å². The van der Waals surface area contributed by atoms with E-state index >= 15 is 0 Å². The molecule has 232 valence electrons. The minimum atomic E-state index is -0.645. The van der Waals surface area contributed by atoms with Gasteiger partial charge in [-0.1, -0.05) is 12.1 Å². The lowest BCUT2D eigenvalue weighted by Gasteiger charge is -2.38. The Hall–Kier alpha value is -3.10. The standard InChI is InChI=1S/C35H47FN4O3/c1-34(2,3)38-33(42)25-10-14-29(15-11-25)40-30-20-23(22-39-18-16-27(17-19-39)35(4,5)43)6-7-26(30)21-31(40)37-32(41)24-8-12-28(36)13-9-24/h6-9,12-13,20,25,27,29,43H,10-11,14-19,21-22H2,1-5H3,(H,38,42). The fraction of sp³-hybridized carbons (Fsp3) is 0.571. The average molecular weight is 591 g/mol. The van der Waals surface area contributed by atoms with E-state index in [1.165, 1.54) is 29.8 Å². The van der Waals surface area contributed by atoms with Gasteiger partial charge in [0.15, 0.2) is 0 Å². The summed E-state index contributed by atoms with van der Waals surface area (Å²) in [5.74, 6) is 0.372. The van der Waals surface area contributed by atoms with Crippen LogP contribution in [-0.2, 0) is 17.8 Å². The fourth-order valence-electron chi connectivity index (χ4n) is 6.87. The van der Waals surface area contributed by atoms with Gasteiger partial charge in [-0.15, -0.1) is 0 Å². The van der Waals surface area contributed by atoms with E-state index in [0.29, 0.717) is 17.9 Å². The highest BCUT2D eigenvalue weighted by atomic mass is 19.1. The number of benzene rings is 2. The lowest BCUT2D eigenvalue weighted by atomic mass is 9.83. The van der Waals surface area contributed by atoms with Crippen molar-refractivity contribution in [3.05, 3.63) is 65.0 Å². The molecule has 2 aromatic carbocycles. The Balaban J connectivity index is 1.36. The molecule has 0 radical (unpaired) electrons. The van der Waals surface area contributed by atoms with Gasteiger partial charge < -0.3 is 15.3 Å². The van der Waals surface area contributed by atoms with Gasteiger partial charge in [-0.2, -0.15) is 4.99 Å². The average Bonchev–Trinajstić information content (AvgIpc) is 3.29. The Morgan fingerprint density at radius 1 is 0.953 bits per heavy atom. The topological polar surface area (TPSA) is 85.2 Å². The largest absolute Gasteiger partial charge is 0.390 e. The Morgan fingerprint density at radius 2 is 1.60 bits per heavy atom. The first-order valence-electron chi connectivity index (χ1n) is 15.8. The predicted molar refractivity (Wildman–Crippen MR) is 169 cm³/mol. The van der Waals surface area contributed by atoms with Gasteiger partial charge in [-0.05, 0) is 134 Å². The number of nitrogens with one attached hydrogen (secondary N) is 1. The van der Waals surface area contributed by atoms with Crippen molar-refractivity contribution in [2.24, 2.45) is 16.8 Å². The van der Waals surface area contributed by atoms with Gasteiger partial charge in [-0.25, -0.2) is 4.39 Å². The first-order chi connectivity index (χ1) is 20.3. The number of amides is 2. The lowest BCUT2D eigenvalue weighted by molar-refractivity contribution is -0.127. The van der Waals surface area contributed by atoms with Crippen molar-refractivity contribution in [2.45, 2.75) is 103 Å². The number of nitrogens with zero attached hydrogens (tertiary/aromatic N) is 3. The molecule has 0 spiro atoms. The molecule has 2 fully saturated rings. The molecule has 8 heteroatoms. The summed E-state index contributed by atoms with van der Waals surface area (Å²) in [5.41, 5.74) is 2.91. The van der Waals surface area contributed by atoms with Crippen molar-refractivity contribution >= 4 is 23.3 Å². The Morgan fingerprint density at radius 3 is 2.21 bits per heavy atom. The number of carbonyl (C=O) groups is 2. The zero-order valence-electron chi connectivity index (χ0n) is 26.3. The van der Waals surface area contributed by atoms with Gasteiger partial charge in [0.2, 0.25) is 5.91 Å². The van der Waals surface area contributed by atoms with Gasteiger partial charge in [0.25, 0.3) is 5.91 Å². The van der Waals surface area contributed by atoms with E-state index in [2.05, 4.69) is 38.3 Å². The molecule has 43 heavy (non-hydrogen) atoms. The number of halogens is 1. The summed E-state index contributed by atoms with van der Waals surface area (Å²) >= 11 is 0. The molecule has 2 amide bonds. The van der Waals surface area contributed by atoms with Crippen LogP contribution in [0.15, 0.2) is 47.5 Å². The zero-order chi connectivity index (χ0) is 30.9. The second-order valence-corrected chi connectivity index (χ2v) is 14.3. The number of amidine groups is 1. The SMILES string of the molecule is CC(C)(C)NC(=O)C1CCC(N2C(=NC(=O)c3ccc(F)cc3)Cc3ccc(CN4CCC(C(C)(C)O)CC4)cc32)CC1. The van der Waals surface area contributed by atoms with E-state index in [1.807, 2.05) is 34.6 Å². The van der Waals surface area contributed by atoms with Crippen LogP contribution in [0.25, 0.3) is 0 Å². The Bertz CT molecular complexity index is 1340. The molecule has 0 unspecified atom stereocenters. The summed E-state index contributed by atoms with van der Waals surface area (Å²) < 4.78 is 13.5. The van der Waals surface area contributed by atoms with Crippen LogP contribution >= 0.6 is 0 Å². The molecule has 1 saturated carbocycles. The van der Waals surface area contributed by atoms with E-state index in [1.54, 1.807) is 0 Å². The number of aliphatic imine (C=N–C) groups is 1. The van der Waals surface area contributed by atoms with Crippen LogP contribution in [0, 0.1) is 17.7 Å². The van der Waals surface area contributed by atoms with Crippen LogP contribution in [0.1, 0.15) is 94.6 Å². The molecular weight excluding hydrogens is 543 g/mol. The molecule has 0 aromatic heterocycles. The fourth-order valence-corrected chi connectivity index (χ4v) is 6.87. The van der Waals surface area contributed by atoms with Crippen molar-refractivity contribution in [1.29, 1.82) is 0 Å². The number of likely N-dealkylation sites (tertiary alicyclic amines) is 1. The van der Waals surface area contributed by atoms with Crippen molar-refractivity contribution in [2.75, 3.05) is 18.0 Å². The van der Waals surface area contributed by atoms with Gasteiger partial charge in [-0.3, -0.25) is 14.5 Å². The molecule has 1 aliphatic carbocycles. The number of aliphatic hydroxyl groups is 1. The second-order valence-electron chi connectivity index (χ2n) is 14.3. The molecule has 2 N–H and O–H groups in total. The zero-order valence-corrected chi connectivity index (χ0v) is 26.3. The number of piperidine rings is 1. The quantitative estimate of drug-likeness (QED) is 0.439. The smallest absolute Gasteiger partial charge is 0.278 e. The Kier molecular flexibility index (Phi) is 9.10. The van der Waals surface area contributed by atoms with Crippen molar-refractivity contribution in [3.63, 3.8) is 0 Å². The predicted octanol–water partition coefficient (Wildman–Crippen LogP) is 5.88. The Labute approximate surface area is 255 Å². The minimum Gasteiger partial charge on any atom is -0.390 e. The maximum atomic E-state index is 13.5. The summed E-state index contributed by atoms with van der Waals surface area (Å²) in [5, 5.41) is 13.6. The summed E-state index contributed by atoms with van der Waals surface area (Å²) in [6.07, 6.45) is 5.76. The number of hydrogen-bond donors (Lipinski definition) is 2. The molecule has 1 saturated heterocycles. The minimum absolute atomic E-state index is 0.0167. The van der Waals surface area contributed by atoms with E-state index in [4.69, 9.17) is 0 Å². The molecule has 5 rings (SSSR count). The summed E-state index contributed by atoms with van der Waals surface area (Å²) in [7, 11) is 0. The molecule has 0 bridgehead atoms. The molecular formula is C35H47FN4O3. The van der Waals surface area contributed by atoms with Crippen LogP contribution in [0.3, 0.4) is 0 Å². The first kappa shape index (κ1) is 31.3. The number of anilines is 1. The number of hydrogen-bond acceptors (Lipinski definition) is 4. The maximum Gasteiger partial charge on any atom is 0.278 e. The van der Waals surface area contributed by atoms with Crippen LogP contribution in [0.4, 0.5) is 10.1 Å². The van der Waals surface area contributed by atoms with Gasteiger partial charge in [0.1, 0.15) is 11.7 Å². The normalized spacial score (nSPS) is 23.0. The highest BCUT2D eigenvalue weighted by molar-refractivity contribution is 6.12. The third-order valence-corrected chi connectivity index (χ3v) is 9.28. The summed E-state index contributed by atoms with van der Waals surface area (Å²) in [6, 6.07) is 12.3. The van der Waals surface area contributed by atoms with Crippen molar-refractivity contribution in [1.82, 2.24) is 10.2 Å². The highest BCUT2D eigenvalue weighted by Gasteiger charge is 2.37. The third kappa shape index (κ3) is 7.71. The lowest BCUT2D eigenvalue weighted by Crippen LogP contribution is -2.47. The van der Waals surface area contributed by atoms with E-state index < -0.39 is 5.60 Å². The van der Waals surface area contributed by atoms with Crippen LogP contribution < -0.4 is 10.2 Å². The van der Waals surface area contributed by atoms with Gasteiger partial charge in [0, 0.05) is 41.7 Å². The molecule has 2 aliphatic heterocycles. The number of carbonyl (C=O) groups excluding carboxylic acids is 2. The number of fused-ring (bicyclic) bond motifs is 1. The van der Waals surface area contributed by atoms with Gasteiger partial charge in [0.05, 0.1) is 5.60 Å². The monoisotopic (exact) mass is 590 g/mol. The van der Waals surface area contributed by atoms with E-state index in [9.17, 15) is 19.1 Å². The van der Waals surface area contributed by atoms with E-state index in [-0.39, 0.29) is 35.1 Å². The summed E-state index contributed by atoms with van der Waals surface area (Å²) in [6.45, 7) is 12.6. The molecule has 2 aromatic rings. The molecule has 7 nitrogen and oxygen atoms in total. The van der Waals surface area contributed by atoms with Crippen molar-refractivity contribution in [3.8, 4) is 0 Å². The van der Waals surface area contributed by atoms with Crippen molar-refractivity contribution < 1.29 is 19.1 Å². The van der Waals surface area contributed by atoms with Crippen LogP contribution in [-0.4, -0.2) is 57.9 Å². The molecule has 2 heterocycles. The molecule has 3 aliphatic rings.